The zero-order chi connectivity index (χ0) is 15.5. The fourth-order valence-corrected chi connectivity index (χ4v) is 1.96. The van der Waals surface area contributed by atoms with Crippen molar-refractivity contribution in [1.29, 1.82) is 0 Å². The summed E-state index contributed by atoms with van der Waals surface area (Å²) in [5.74, 6) is -0.383. The number of carbonyl (C=O) groups excluding carboxylic acids is 1. The highest BCUT2D eigenvalue weighted by molar-refractivity contribution is 6.07. The number of rotatable bonds is 4. The fourth-order valence-electron chi connectivity index (χ4n) is 1.96. The van der Waals surface area contributed by atoms with Crippen molar-refractivity contribution >= 4 is 5.78 Å². The van der Waals surface area contributed by atoms with Gasteiger partial charge in [0.2, 0.25) is 5.78 Å². The molecule has 2 aromatic rings. The number of pyridine rings is 1. The standard InChI is InChI=1S/C16H14F3NO/c1-2-3-11-4-6-12(7-5-11)15(21)14-9-8-13(10-20-14)16(17,18)19/h4-10H,2-3H2,1H3. The van der Waals surface area contributed by atoms with Crippen LogP contribution in [0.4, 0.5) is 13.2 Å². The monoisotopic (exact) mass is 293 g/mol. The van der Waals surface area contributed by atoms with Gasteiger partial charge in [-0.05, 0) is 24.1 Å². The molecule has 110 valence electrons. The maximum atomic E-state index is 12.4. The lowest BCUT2D eigenvalue weighted by Crippen LogP contribution is -2.09. The van der Waals surface area contributed by atoms with Crippen molar-refractivity contribution in [2.75, 3.05) is 0 Å². The second kappa shape index (κ2) is 6.08. The Morgan fingerprint density at radius 2 is 1.76 bits per heavy atom. The predicted octanol–water partition coefficient (Wildman–Crippen LogP) is 4.28. The Labute approximate surface area is 120 Å². The van der Waals surface area contributed by atoms with Gasteiger partial charge >= 0.3 is 6.18 Å². The molecule has 0 spiro atoms. The Balaban J connectivity index is 2.19. The van der Waals surface area contributed by atoms with E-state index in [1.165, 1.54) is 0 Å². The highest BCUT2D eigenvalue weighted by Crippen LogP contribution is 2.28. The first-order valence-corrected chi connectivity index (χ1v) is 6.58. The Hall–Kier alpha value is -2.17. The van der Waals surface area contributed by atoms with Gasteiger partial charge in [-0.3, -0.25) is 9.78 Å². The number of halogens is 3. The van der Waals surface area contributed by atoms with Crippen molar-refractivity contribution in [2.45, 2.75) is 25.9 Å². The summed E-state index contributed by atoms with van der Waals surface area (Å²) in [6.07, 6.45) is -1.84. The van der Waals surface area contributed by atoms with Gasteiger partial charge in [-0.25, -0.2) is 0 Å². The van der Waals surface area contributed by atoms with Gasteiger partial charge in [-0.2, -0.15) is 13.2 Å². The third-order valence-electron chi connectivity index (χ3n) is 3.08. The van der Waals surface area contributed by atoms with E-state index in [-0.39, 0.29) is 11.5 Å². The normalized spacial score (nSPS) is 11.4. The molecule has 5 heteroatoms. The predicted molar refractivity (Wildman–Crippen MR) is 73.1 cm³/mol. The molecule has 2 rings (SSSR count). The van der Waals surface area contributed by atoms with E-state index in [9.17, 15) is 18.0 Å². The number of ketones is 1. The average Bonchev–Trinajstić information content (AvgIpc) is 2.47. The molecule has 0 amide bonds. The van der Waals surface area contributed by atoms with Gasteiger partial charge < -0.3 is 0 Å². The minimum atomic E-state index is -4.45. The van der Waals surface area contributed by atoms with Gasteiger partial charge in [-0.1, -0.05) is 37.6 Å². The fraction of sp³-hybridized carbons (Fsp3) is 0.250. The molecule has 0 aliphatic heterocycles. The third-order valence-corrected chi connectivity index (χ3v) is 3.08. The van der Waals surface area contributed by atoms with Gasteiger partial charge in [-0.15, -0.1) is 0 Å². The summed E-state index contributed by atoms with van der Waals surface area (Å²) in [6.45, 7) is 2.06. The summed E-state index contributed by atoms with van der Waals surface area (Å²) in [6, 6.07) is 9.01. The first-order chi connectivity index (χ1) is 9.91. The van der Waals surface area contributed by atoms with Gasteiger partial charge in [0.25, 0.3) is 0 Å². The van der Waals surface area contributed by atoms with Gasteiger partial charge in [0, 0.05) is 11.8 Å². The van der Waals surface area contributed by atoms with E-state index in [0.717, 1.165) is 30.5 Å². The van der Waals surface area contributed by atoms with E-state index in [1.54, 1.807) is 12.1 Å². The number of aryl methyl sites for hydroxylation is 1. The molecule has 0 bridgehead atoms. The summed E-state index contributed by atoms with van der Waals surface area (Å²) < 4.78 is 37.3. The van der Waals surface area contributed by atoms with Crippen molar-refractivity contribution in [3.05, 3.63) is 65.0 Å². The molecule has 0 atom stereocenters. The van der Waals surface area contributed by atoms with Crippen LogP contribution in [0.15, 0.2) is 42.6 Å². The first kappa shape index (κ1) is 15.2. The SMILES string of the molecule is CCCc1ccc(C(=O)c2ccc(C(F)(F)F)cn2)cc1. The number of carbonyl (C=O) groups is 1. The Morgan fingerprint density at radius 1 is 1.10 bits per heavy atom. The Bertz CT molecular complexity index is 615. The molecular formula is C16H14F3NO. The van der Waals surface area contributed by atoms with Crippen LogP contribution in [0.2, 0.25) is 0 Å². The largest absolute Gasteiger partial charge is 0.417 e. The Morgan fingerprint density at radius 3 is 2.24 bits per heavy atom. The molecule has 0 saturated carbocycles. The zero-order valence-corrected chi connectivity index (χ0v) is 11.4. The number of hydrogen-bond acceptors (Lipinski definition) is 2. The van der Waals surface area contributed by atoms with E-state index in [4.69, 9.17) is 0 Å². The van der Waals surface area contributed by atoms with Crippen molar-refractivity contribution in [1.82, 2.24) is 4.98 Å². The van der Waals surface area contributed by atoms with E-state index in [0.29, 0.717) is 11.8 Å². The van der Waals surface area contributed by atoms with Crippen LogP contribution in [-0.2, 0) is 12.6 Å². The van der Waals surface area contributed by atoms with E-state index in [1.807, 2.05) is 12.1 Å². The van der Waals surface area contributed by atoms with Gasteiger partial charge in [0.15, 0.2) is 0 Å². The van der Waals surface area contributed by atoms with Crippen molar-refractivity contribution in [2.24, 2.45) is 0 Å². The number of benzene rings is 1. The lowest BCUT2D eigenvalue weighted by atomic mass is 10.0. The molecule has 1 aromatic heterocycles. The van der Waals surface area contributed by atoms with Crippen molar-refractivity contribution in [3.63, 3.8) is 0 Å². The summed E-state index contributed by atoms with van der Waals surface area (Å²) in [4.78, 5) is 15.7. The molecule has 0 saturated heterocycles. The van der Waals surface area contributed by atoms with Crippen LogP contribution < -0.4 is 0 Å². The van der Waals surface area contributed by atoms with Crippen LogP contribution in [0.1, 0.15) is 40.5 Å². The van der Waals surface area contributed by atoms with Crippen LogP contribution in [0.3, 0.4) is 0 Å². The summed E-state index contributed by atoms with van der Waals surface area (Å²) in [5.41, 5.74) is 0.681. The highest BCUT2D eigenvalue weighted by atomic mass is 19.4. The third kappa shape index (κ3) is 3.68. The maximum absolute atomic E-state index is 12.4. The van der Waals surface area contributed by atoms with E-state index >= 15 is 0 Å². The summed E-state index contributed by atoms with van der Waals surface area (Å²) in [5, 5.41) is 0. The molecule has 21 heavy (non-hydrogen) atoms. The number of hydrogen-bond donors (Lipinski definition) is 0. The van der Waals surface area contributed by atoms with Crippen LogP contribution in [0, 0.1) is 0 Å². The van der Waals surface area contributed by atoms with Crippen molar-refractivity contribution in [3.8, 4) is 0 Å². The molecule has 1 aromatic carbocycles. The second-order valence-electron chi connectivity index (χ2n) is 4.71. The van der Waals surface area contributed by atoms with Crippen LogP contribution in [0.25, 0.3) is 0 Å². The molecule has 0 fully saturated rings. The summed E-state index contributed by atoms with van der Waals surface area (Å²) in [7, 11) is 0. The Kier molecular flexibility index (Phi) is 4.40. The second-order valence-corrected chi connectivity index (χ2v) is 4.71. The molecule has 0 aliphatic rings. The topological polar surface area (TPSA) is 30.0 Å². The van der Waals surface area contributed by atoms with E-state index in [2.05, 4.69) is 11.9 Å². The minimum absolute atomic E-state index is 0.00578. The molecule has 0 aliphatic carbocycles. The number of nitrogens with zero attached hydrogens (tertiary/aromatic N) is 1. The average molecular weight is 293 g/mol. The molecule has 2 nitrogen and oxygen atoms in total. The van der Waals surface area contributed by atoms with Crippen LogP contribution in [0.5, 0.6) is 0 Å². The van der Waals surface area contributed by atoms with Gasteiger partial charge in [0.05, 0.1) is 5.56 Å². The summed E-state index contributed by atoms with van der Waals surface area (Å²) >= 11 is 0. The van der Waals surface area contributed by atoms with Crippen LogP contribution in [-0.4, -0.2) is 10.8 Å². The number of aromatic nitrogens is 1. The lowest BCUT2D eigenvalue weighted by Gasteiger charge is -2.07. The minimum Gasteiger partial charge on any atom is -0.287 e. The lowest BCUT2D eigenvalue weighted by molar-refractivity contribution is -0.137. The maximum Gasteiger partial charge on any atom is 0.417 e. The van der Waals surface area contributed by atoms with E-state index < -0.39 is 11.7 Å². The van der Waals surface area contributed by atoms with Crippen molar-refractivity contribution < 1.29 is 18.0 Å². The molecule has 0 radical (unpaired) electrons. The molecular weight excluding hydrogens is 279 g/mol. The highest BCUT2D eigenvalue weighted by Gasteiger charge is 2.30. The molecule has 0 unspecified atom stereocenters. The van der Waals surface area contributed by atoms with Gasteiger partial charge in [0.1, 0.15) is 5.69 Å². The smallest absolute Gasteiger partial charge is 0.287 e. The zero-order valence-electron chi connectivity index (χ0n) is 11.4. The van der Waals surface area contributed by atoms with Crippen LogP contribution >= 0.6 is 0 Å². The first-order valence-electron chi connectivity index (χ1n) is 6.58. The number of alkyl halides is 3. The quantitative estimate of drug-likeness (QED) is 0.787. The molecule has 1 heterocycles. The molecule has 0 N–H and O–H groups in total.